The Bertz CT molecular complexity index is 789. The van der Waals surface area contributed by atoms with Gasteiger partial charge < -0.3 is 15.7 Å². The second-order valence-electron chi connectivity index (χ2n) is 5.79. The van der Waals surface area contributed by atoms with Crippen LogP contribution in [0.25, 0.3) is 0 Å². The van der Waals surface area contributed by atoms with E-state index >= 15 is 0 Å². The van der Waals surface area contributed by atoms with Crippen LogP contribution in [0.15, 0.2) is 30.3 Å². The summed E-state index contributed by atoms with van der Waals surface area (Å²) in [4.78, 5) is 39.3. The first-order valence-corrected chi connectivity index (χ1v) is 9.03. The Balaban J connectivity index is 1.74. The highest BCUT2D eigenvalue weighted by Crippen LogP contribution is 2.23. The smallest absolute Gasteiger partial charge is 0.347 e. The van der Waals surface area contributed by atoms with Crippen molar-refractivity contribution in [2.45, 2.75) is 32.7 Å². The van der Waals surface area contributed by atoms with Crippen molar-refractivity contribution in [1.82, 2.24) is 15.6 Å². The SMILES string of the molecule is Cc1nc(C(C)NC(=O)CCCNC(=O)c2ccccc2)sc1C(=O)O. The van der Waals surface area contributed by atoms with Gasteiger partial charge in [-0.15, -0.1) is 11.3 Å². The van der Waals surface area contributed by atoms with Gasteiger partial charge in [-0.1, -0.05) is 18.2 Å². The van der Waals surface area contributed by atoms with Crippen molar-refractivity contribution in [2.24, 2.45) is 0 Å². The third-order valence-corrected chi connectivity index (χ3v) is 4.99. The molecule has 0 aliphatic carbocycles. The predicted octanol–water partition coefficient (Wildman–Crippen LogP) is 2.54. The zero-order valence-corrected chi connectivity index (χ0v) is 15.4. The van der Waals surface area contributed by atoms with Crippen LogP contribution >= 0.6 is 11.3 Å². The van der Waals surface area contributed by atoms with Crippen LogP contribution in [0.5, 0.6) is 0 Å². The lowest BCUT2D eigenvalue weighted by Crippen LogP contribution is -2.29. The molecule has 8 heteroatoms. The van der Waals surface area contributed by atoms with Crippen molar-refractivity contribution in [1.29, 1.82) is 0 Å². The second-order valence-corrected chi connectivity index (χ2v) is 6.82. The van der Waals surface area contributed by atoms with Gasteiger partial charge in [-0.05, 0) is 32.4 Å². The van der Waals surface area contributed by atoms with Gasteiger partial charge in [0.05, 0.1) is 11.7 Å². The maximum Gasteiger partial charge on any atom is 0.347 e. The number of carboxylic acid groups (broad SMARTS) is 1. The standard InChI is InChI=1S/C18H21N3O4S/c1-11-15(18(24)25)26-17(21-11)12(2)20-14(22)9-6-10-19-16(23)13-7-4-3-5-8-13/h3-5,7-8,12H,6,9-10H2,1-2H3,(H,19,23)(H,20,22)(H,24,25). The Morgan fingerprint density at radius 1 is 1.23 bits per heavy atom. The third kappa shape index (κ3) is 5.38. The molecule has 2 amide bonds. The third-order valence-electron chi connectivity index (χ3n) is 3.66. The van der Waals surface area contributed by atoms with Crippen LogP contribution in [0.4, 0.5) is 0 Å². The molecular formula is C18H21N3O4S. The number of nitrogens with one attached hydrogen (secondary N) is 2. The van der Waals surface area contributed by atoms with E-state index in [0.717, 1.165) is 11.3 Å². The molecule has 0 fully saturated rings. The fraction of sp³-hybridized carbons (Fsp3) is 0.333. The number of aromatic nitrogens is 1. The highest BCUT2D eigenvalue weighted by atomic mass is 32.1. The van der Waals surface area contributed by atoms with Gasteiger partial charge in [0.1, 0.15) is 9.88 Å². The van der Waals surface area contributed by atoms with E-state index in [4.69, 9.17) is 5.11 Å². The first-order valence-electron chi connectivity index (χ1n) is 8.21. The fourth-order valence-electron chi connectivity index (χ4n) is 2.32. The first kappa shape index (κ1) is 19.6. The van der Waals surface area contributed by atoms with E-state index in [9.17, 15) is 14.4 Å². The maximum absolute atomic E-state index is 12.0. The number of hydrogen-bond donors (Lipinski definition) is 3. The molecule has 1 unspecified atom stereocenters. The van der Waals surface area contributed by atoms with Gasteiger partial charge in [0, 0.05) is 18.5 Å². The van der Waals surface area contributed by atoms with E-state index in [2.05, 4.69) is 15.6 Å². The zero-order chi connectivity index (χ0) is 19.1. The highest BCUT2D eigenvalue weighted by Gasteiger charge is 2.19. The van der Waals surface area contributed by atoms with Gasteiger partial charge >= 0.3 is 5.97 Å². The first-order chi connectivity index (χ1) is 12.4. The predicted molar refractivity (Wildman–Crippen MR) is 98.4 cm³/mol. The number of carboxylic acids is 1. The van der Waals surface area contributed by atoms with E-state index in [1.54, 1.807) is 38.1 Å². The number of aryl methyl sites for hydroxylation is 1. The van der Waals surface area contributed by atoms with Gasteiger partial charge in [0.2, 0.25) is 5.91 Å². The molecule has 0 aliphatic heterocycles. The number of thiazole rings is 1. The normalized spacial score (nSPS) is 11.6. The number of rotatable bonds is 8. The largest absolute Gasteiger partial charge is 0.477 e. The van der Waals surface area contributed by atoms with E-state index in [0.29, 0.717) is 29.2 Å². The molecule has 3 N–H and O–H groups in total. The lowest BCUT2D eigenvalue weighted by Gasteiger charge is -2.11. The topological polar surface area (TPSA) is 108 Å². The summed E-state index contributed by atoms with van der Waals surface area (Å²) in [7, 11) is 0. The maximum atomic E-state index is 12.0. The summed E-state index contributed by atoms with van der Waals surface area (Å²) < 4.78 is 0. The molecule has 0 bridgehead atoms. The molecule has 0 radical (unpaired) electrons. The minimum absolute atomic E-state index is 0.168. The van der Waals surface area contributed by atoms with E-state index in [1.165, 1.54) is 0 Å². The molecular weight excluding hydrogens is 354 g/mol. The van der Waals surface area contributed by atoms with Crippen LogP contribution in [0.3, 0.4) is 0 Å². The van der Waals surface area contributed by atoms with Gasteiger partial charge in [0.15, 0.2) is 0 Å². The Morgan fingerprint density at radius 2 is 1.92 bits per heavy atom. The van der Waals surface area contributed by atoms with Crippen molar-refractivity contribution in [2.75, 3.05) is 6.54 Å². The van der Waals surface area contributed by atoms with Crippen molar-refractivity contribution in [3.05, 3.63) is 51.5 Å². The number of hydrogen-bond acceptors (Lipinski definition) is 5. The average Bonchev–Trinajstić information content (AvgIpc) is 3.01. The molecule has 0 aliphatic rings. The number of carbonyl (C=O) groups excluding carboxylic acids is 2. The van der Waals surface area contributed by atoms with Crippen LogP contribution in [-0.2, 0) is 4.79 Å². The molecule has 1 heterocycles. The lowest BCUT2D eigenvalue weighted by atomic mass is 10.2. The van der Waals surface area contributed by atoms with E-state index in [1.807, 2.05) is 6.07 Å². The summed E-state index contributed by atoms with van der Waals surface area (Å²) in [6.07, 6.45) is 0.768. The van der Waals surface area contributed by atoms with E-state index in [-0.39, 0.29) is 29.2 Å². The Labute approximate surface area is 155 Å². The van der Waals surface area contributed by atoms with Crippen LogP contribution < -0.4 is 10.6 Å². The summed E-state index contributed by atoms with van der Waals surface area (Å²) in [5.41, 5.74) is 1.03. The number of carbonyl (C=O) groups is 3. The molecule has 138 valence electrons. The quantitative estimate of drug-likeness (QED) is 0.615. The zero-order valence-electron chi connectivity index (χ0n) is 14.6. The van der Waals surface area contributed by atoms with Crippen LogP contribution in [-0.4, -0.2) is 34.4 Å². The average molecular weight is 375 g/mol. The van der Waals surface area contributed by atoms with Crippen molar-refractivity contribution in [3.63, 3.8) is 0 Å². The van der Waals surface area contributed by atoms with Gasteiger partial charge in [-0.2, -0.15) is 0 Å². The van der Waals surface area contributed by atoms with Crippen molar-refractivity contribution < 1.29 is 19.5 Å². The molecule has 26 heavy (non-hydrogen) atoms. The van der Waals surface area contributed by atoms with Crippen LogP contribution in [0, 0.1) is 6.92 Å². The van der Waals surface area contributed by atoms with E-state index < -0.39 is 5.97 Å². The Kier molecular flexibility index (Phi) is 6.85. The van der Waals surface area contributed by atoms with Crippen molar-refractivity contribution in [3.8, 4) is 0 Å². The molecule has 0 saturated heterocycles. The van der Waals surface area contributed by atoms with Crippen LogP contribution in [0.1, 0.15) is 56.5 Å². The number of amides is 2. The highest BCUT2D eigenvalue weighted by molar-refractivity contribution is 7.13. The molecule has 2 rings (SSSR count). The summed E-state index contributed by atoms with van der Waals surface area (Å²) in [6, 6.07) is 8.51. The van der Waals surface area contributed by atoms with Crippen molar-refractivity contribution >= 4 is 29.1 Å². The molecule has 1 aromatic carbocycles. The Morgan fingerprint density at radius 3 is 2.54 bits per heavy atom. The summed E-state index contributed by atoms with van der Waals surface area (Å²) in [5, 5.41) is 15.2. The van der Waals surface area contributed by atoms with Gasteiger partial charge in [0.25, 0.3) is 5.91 Å². The number of aromatic carboxylic acids is 1. The van der Waals surface area contributed by atoms with Gasteiger partial charge in [-0.3, -0.25) is 9.59 Å². The lowest BCUT2D eigenvalue weighted by molar-refractivity contribution is -0.121. The summed E-state index contributed by atoms with van der Waals surface area (Å²) >= 11 is 1.07. The molecule has 2 aromatic rings. The minimum atomic E-state index is -1.01. The fourth-order valence-corrected chi connectivity index (χ4v) is 3.23. The Hall–Kier alpha value is -2.74. The monoisotopic (exact) mass is 375 g/mol. The van der Waals surface area contributed by atoms with Gasteiger partial charge in [-0.25, -0.2) is 9.78 Å². The molecule has 7 nitrogen and oxygen atoms in total. The minimum Gasteiger partial charge on any atom is -0.477 e. The molecule has 1 atom stereocenters. The summed E-state index contributed by atoms with van der Waals surface area (Å²) in [6.45, 7) is 3.79. The number of nitrogens with zero attached hydrogens (tertiary/aromatic N) is 1. The second kappa shape index (κ2) is 9.10. The van der Waals surface area contributed by atoms with Crippen LogP contribution in [0.2, 0.25) is 0 Å². The summed E-state index contributed by atoms with van der Waals surface area (Å²) in [5.74, 6) is -1.35. The number of benzene rings is 1. The molecule has 0 saturated carbocycles. The molecule has 1 aromatic heterocycles. The molecule has 0 spiro atoms.